The lowest BCUT2D eigenvalue weighted by Crippen LogP contribution is -2.47. The smallest absolute Gasteiger partial charge is 0.251 e. The van der Waals surface area contributed by atoms with Crippen LogP contribution in [0.5, 0.6) is 0 Å². The summed E-state index contributed by atoms with van der Waals surface area (Å²) in [6, 6.07) is 1.76. The Kier molecular flexibility index (Phi) is 4.31. The molecule has 0 aromatic heterocycles. The molecule has 0 spiro atoms. The first kappa shape index (κ1) is 15.9. The highest BCUT2D eigenvalue weighted by Crippen LogP contribution is 2.24. The Hall–Kier alpha value is -1.51. The first-order valence-electron chi connectivity index (χ1n) is 6.39. The standard InChI is InChI=1S/C13H17FN2O4S/c1-7-11(3-8(14)4-12(7)21(15,18)19)13(17)16-9-5-10(6-9)20-2/h3-4,9-10H,5-6H2,1-2H3,(H,16,17)(H2,15,18,19). The van der Waals surface area contributed by atoms with Crippen molar-refractivity contribution in [1.82, 2.24) is 5.32 Å². The molecule has 1 aliphatic carbocycles. The largest absolute Gasteiger partial charge is 0.381 e. The van der Waals surface area contributed by atoms with Gasteiger partial charge in [-0.05, 0) is 37.5 Å². The van der Waals surface area contributed by atoms with Crippen LogP contribution in [0.4, 0.5) is 4.39 Å². The molecule has 116 valence electrons. The van der Waals surface area contributed by atoms with Crippen molar-refractivity contribution in [3.05, 3.63) is 29.1 Å². The molecule has 0 aliphatic heterocycles. The second-order valence-electron chi connectivity index (χ2n) is 5.12. The Morgan fingerprint density at radius 1 is 1.43 bits per heavy atom. The summed E-state index contributed by atoms with van der Waals surface area (Å²) in [5.41, 5.74) is 0.110. The van der Waals surface area contributed by atoms with E-state index in [-0.39, 0.29) is 28.2 Å². The number of nitrogens with two attached hydrogens (primary N) is 1. The number of carbonyl (C=O) groups excluding carboxylic acids is 1. The quantitative estimate of drug-likeness (QED) is 0.853. The summed E-state index contributed by atoms with van der Waals surface area (Å²) in [6.07, 6.45) is 1.47. The van der Waals surface area contributed by atoms with E-state index in [9.17, 15) is 17.6 Å². The molecule has 21 heavy (non-hydrogen) atoms. The Bertz CT molecular complexity index is 669. The normalized spacial score (nSPS) is 21.7. The van der Waals surface area contributed by atoms with E-state index in [4.69, 9.17) is 9.88 Å². The molecule has 2 rings (SSSR count). The summed E-state index contributed by atoms with van der Waals surface area (Å²) >= 11 is 0. The van der Waals surface area contributed by atoms with Gasteiger partial charge in [-0.15, -0.1) is 0 Å². The molecule has 0 heterocycles. The van der Waals surface area contributed by atoms with E-state index in [1.165, 1.54) is 6.92 Å². The zero-order valence-corrected chi connectivity index (χ0v) is 12.5. The molecular weight excluding hydrogens is 299 g/mol. The van der Waals surface area contributed by atoms with Gasteiger partial charge >= 0.3 is 0 Å². The molecule has 0 unspecified atom stereocenters. The molecule has 0 radical (unpaired) electrons. The third kappa shape index (κ3) is 3.39. The van der Waals surface area contributed by atoms with Gasteiger partial charge in [0.25, 0.3) is 5.91 Å². The number of amides is 1. The third-order valence-corrected chi connectivity index (χ3v) is 4.68. The summed E-state index contributed by atoms with van der Waals surface area (Å²) in [6.45, 7) is 1.42. The highest BCUT2D eigenvalue weighted by atomic mass is 32.2. The number of nitrogens with one attached hydrogen (secondary N) is 1. The van der Waals surface area contributed by atoms with Crippen LogP contribution < -0.4 is 10.5 Å². The van der Waals surface area contributed by atoms with Gasteiger partial charge in [0.05, 0.1) is 11.0 Å². The summed E-state index contributed by atoms with van der Waals surface area (Å²) in [4.78, 5) is 11.8. The van der Waals surface area contributed by atoms with Crippen LogP contribution in [0.1, 0.15) is 28.8 Å². The number of hydrogen-bond acceptors (Lipinski definition) is 4. The van der Waals surface area contributed by atoms with Gasteiger partial charge in [0.15, 0.2) is 0 Å². The van der Waals surface area contributed by atoms with Crippen LogP contribution >= 0.6 is 0 Å². The maximum absolute atomic E-state index is 13.5. The van der Waals surface area contributed by atoms with Gasteiger partial charge in [0, 0.05) is 18.7 Å². The molecule has 1 amide bonds. The molecule has 1 saturated carbocycles. The Balaban J connectivity index is 2.24. The van der Waals surface area contributed by atoms with Gasteiger partial charge in [0.2, 0.25) is 10.0 Å². The minimum atomic E-state index is -4.08. The molecule has 8 heteroatoms. The number of rotatable bonds is 4. The van der Waals surface area contributed by atoms with E-state index >= 15 is 0 Å². The number of hydrogen-bond donors (Lipinski definition) is 2. The van der Waals surface area contributed by atoms with Crippen molar-refractivity contribution < 1.29 is 22.3 Å². The summed E-state index contributed by atoms with van der Waals surface area (Å²) in [5, 5.41) is 7.75. The van der Waals surface area contributed by atoms with E-state index in [0.29, 0.717) is 12.8 Å². The van der Waals surface area contributed by atoms with Crippen molar-refractivity contribution in [2.24, 2.45) is 5.14 Å². The lowest BCUT2D eigenvalue weighted by Gasteiger charge is -2.34. The number of halogens is 1. The summed E-state index contributed by atoms with van der Waals surface area (Å²) < 4.78 is 41.5. The Morgan fingerprint density at radius 3 is 2.57 bits per heavy atom. The Morgan fingerprint density at radius 2 is 2.05 bits per heavy atom. The zero-order chi connectivity index (χ0) is 15.8. The minimum Gasteiger partial charge on any atom is -0.381 e. The molecule has 1 aromatic carbocycles. The van der Waals surface area contributed by atoms with E-state index in [0.717, 1.165) is 12.1 Å². The van der Waals surface area contributed by atoms with Crippen molar-refractivity contribution in [3.8, 4) is 0 Å². The molecule has 0 atom stereocenters. The molecule has 0 bridgehead atoms. The Labute approximate surface area is 122 Å². The predicted molar refractivity (Wildman–Crippen MR) is 73.8 cm³/mol. The monoisotopic (exact) mass is 316 g/mol. The average Bonchev–Trinajstić information content (AvgIpc) is 2.33. The average molecular weight is 316 g/mol. The van der Waals surface area contributed by atoms with Crippen LogP contribution in [0, 0.1) is 12.7 Å². The number of sulfonamides is 1. The molecule has 3 N–H and O–H groups in total. The summed E-state index contributed by atoms with van der Waals surface area (Å²) in [5.74, 6) is -1.34. The SMILES string of the molecule is COC1CC(NC(=O)c2cc(F)cc(S(N)(=O)=O)c2C)C1. The van der Waals surface area contributed by atoms with E-state index in [1.807, 2.05) is 0 Å². The first-order chi connectivity index (χ1) is 9.72. The second kappa shape index (κ2) is 5.70. The highest BCUT2D eigenvalue weighted by molar-refractivity contribution is 7.89. The topological polar surface area (TPSA) is 98.5 Å². The van der Waals surface area contributed by atoms with Gasteiger partial charge in [-0.25, -0.2) is 17.9 Å². The molecule has 1 aliphatic rings. The number of benzene rings is 1. The third-order valence-electron chi connectivity index (χ3n) is 3.64. The van der Waals surface area contributed by atoms with E-state index in [2.05, 4.69) is 5.32 Å². The lowest BCUT2D eigenvalue weighted by atomic mass is 9.89. The highest BCUT2D eigenvalue weighted by Gasteiger charge is 2.31. The van der Waals surface area contributed by atoms with Crippen LogP contribution in [0.15, 0.2) is 17.0 Å². The molecule has 1 fully saturated rings. The molecule has 1 aromatic rings. The molecular formula is C13H17FN2O4S. The van der Waals surface area contributed by atoms with Crippen LogP contribution in [-0.4, -0.2) is 33.6 Å². The van der Waals surface area contributed by atoms with Gasteiger partial charge < -0.3 is 10.1 Å². The molecule has 6 nitrogen and oxygen atoms in total. The van der Waals surface area contributed by atoms with Crippen LogP contribution in [0.2, 0.25) is 0 Å². The fraction of sp³-hybridized carbons (Fsp3) is 0.462. The first-order valence-corrected chi connectivity index (χ1v) is 7.93. The van der Waals surface area contributed by atoms with Gasteiger partial charge in [-0.3, -0.25) is 4.79 Å². The van der Waals surface area contributed by atoms with Crippen LogP contribution in [-0.2, 0) is 14.8 Å². The van der Waals surface area contributed by atoms with Crippen molar-refractivity contribution in [3.63, 3.8) is 0 Å². The number of ether oxygens (including phenoxy) is 1. The second-order valence-corrected chi connectivity index (χ2v) is 6.65. The van der Waals surface area contributed by atoms with Gasteiger partial charge in [-0.2, -0.15) is 0 Å². The number of primary sulfonamides is 1. The van der Waals surface area contributed by atoms with Gasteiger partial charge in [0.1, 0.15) is 5.82 Å². The van der Waals surface area contributed by atoms with Crippen LogP contribution in [0.25, 0.3) is 0 Å². The fourth-order valence-corrected chi connectivity index (χ4v) is 3.14. The van der Waals surface area contributed by atoms with E-state index < -0.39 is 21.7 Å². The lowest BCUT2D eigenvalue weighted by molar-refractivity contribution is 0.0176. The maximum Gasteiger partial charge on any atom is 0.251 e. The van der Waals surface area contributed by atoms with Crippen molar-refractivity contribution in [1.29, 1.82) is 0 Å². The number of carbonyl (C=O) groups is 1. The maximum atomic E-state index is 13.5. The van der Waals surface area contributed by atoms with Crippen molar-refractivity contribution >= 4 is 15.9 Å². The van der Waals surface area contributed by atoms with Crippen molar-refractivity contribution in [2.45, 2.75) is 36.8 Å². The van der Waals surface area contributed by atoms with Crippen molar-refractivity contribution in [2.75, 3.05) is 7.11 Å². The van der Waals surface area contributed by atoms with Gasteiger partial charge in [-0.1, -0.05) is 0 Å². The predicted octanol–water partition coefficient (Wildman–Crippen LogP) is 0.689. The van der Waals surface area contributed by atoms with E-state index in [1.54, 1.807) is 7.11 Å². The van der Waals surface area contributed by atoms with Crippen LogP contribution in [0.3, 0.4) is 0 Å². The zero-order valence-electron chi connectivity index (χ0n) is 11.7. The fourth-order valence-electron chi connectivity index (χ4n) is 2.32. The molecule has 0 saturated heterocycles. The minimum absolute atomic E-state index is 0.0279. The summed E-state index contributed by atoms with van der Waals surface area (Å²) in [7, 11) is -2.49. The number of methoxy groups -OCH3 is 1.